The van der Waals surface area contributed by atoms with Crippen molar-refractivity contribution < 1.29 is 8.42 Å². The molecule has 2 fully saturated rings. The monoisotopic (exact) mass is 204 g/mol. The molecule has 0 amide bonds. The Kier molecular flexibility index (Phi) is 2.58. The fraction of sp³-hybridized carbons (Fsp3) is 1.00. The summed E-state index contributed by atoms with van der Waals surface area (Å²) in [6, 6.07) is 0.223. The fourth-order valence-electron chi connectivity index (χ4n) is 2.15. The standard InChI is InChI=1S/C8H16N2O2S/c11-13(12)6-2-5-10(13)8-3-1-4-9-7-8/h8-9H,1-7H2/t8-/m0/s1. The van der Waals surface area contributed by atoms with Crippen LogP contribution in [0.25, 0.3) is 0 Å². The van der Waals surface area contributed by atoms with Crippen LogP contribution in [0.2, 0.25) is 0 Å². The molecule has 2 rings (SSSR count). The summed E-state index contributed by atoms with van der Waals surface area (Å²) in [7, 11) is -2.89. The van der Waals surface area contributed by atoms with Crippen LogP contribution in [0, 0.1) is 0 Å². The molecule has 0 bridgehead atoms. The van der Waals surface area contributed by atoms with Gasteiger partial charge in [0.2, 0.25) is 10.0 Å². The summed E-state index contributed by atoms with van der Waals surface area (Å²) in [4.78, 5) is 0. The summed E-state index contributed by atoms with van der Waals surface area (Å²) in [5.41, 5.74) is 0. The van der Waals surface area contributed by atoms with Gasteiger partial charge < -0.3 is 5.32 Å². The van der Waals surface area contributed by atoms with Gasteiger partial charge in [-0.05, 0) is 25.8 Å². The lowest BCUT2D eigenvalue weighted by atomic mass is 10.1. The minimum absolute atomic E-state index is 0.223. The molecule has 0 radical (unpaired) electrons. The Labute approximate surface area is 79.4 Å². The number of hydrogen-bond donors (Lipinski definition) is 1. The molecule has 2 saturated heterocycles. The van der Waals surface area contributed by atoms with Crippen molar-refractivity contribution in [3.8, 4) is 0 Å². The third kappa shape index (κ3) is 1.87. The van der Waals surface area contributed by atoms with Crippen LogP contribution >= 0.6 is 0 Å². The van der Waals surface area contributed by atoms with Crippen LogP contribution in [0.3, 0.4) is 0 Å². The maximum absolute atomic E-state index is 11.6. The van der Waals surface area contributed by atoms with Gasteiger partial charge in [-0.15, -0.1) is 0 Å². The van der Waals surface area contributed by atoms with Crippen LogP contribution < -0.4 is 5.32 Å². The van der Waals surface area contributed by atoms with Crippen molar-refractivity contribution in [2.75, 3.05) is 25.4 Å². The molecule has 76 valence electrons. The summed E-state index contributed by atoms with van der Waals surface area (Å²) in [5, 5.41) is 3.24. The van der Waals surface area contributed by atoms with E-state index in [1.807, 2.05) is 0 Å². The van der Waals surface area contributed by atoms with E-state index in [2.05, 4.69) is 5.32 Å². The van der Waals surface area contributed by atoms with Gasteiger partial charge in [0.1, 0.15) is 0 Å². The summed E-state index contributed by atoms with van der Waals surface area (Å²) in [6.45, 7) is 2.60. The second-order valence-corrected chi connectivity index (χ2v) is 5.82. The van der Waals surface area contributed by atoms with E-state index in [1.165, 1.54) is 0 Å². The smallest absolute Gasteiger partial charge is 0.214 e. The molecule has 1 N–H and O–H groups in total. The van der Waals surface area contributed by atoms with Gasteiger partial charge in [-0.25, -0.2) is 8.42 Å². The summed E-state index contributed by atoms with van der Waals surface area (Å²) in [5.74, 6) is 0.351. The lowest BCUT2D eigenvalue weighted by molar-refractivity contribution is 0.281. The predicted octanol–water partition coefficient (Wildman–Crippen LogP) is -0.226. The van der Waals surface area contributed by atoms with Crippen LogP contribution in [0.1, 0.15) is 19.3 Å². The topological polar surface area (TPSA) is 49.4 Å². The largest absolute Gasteiger partial charge is 0.315 e. The van der Waals surface area contributed by atoms with Gasteiger partial charge in [0.15, 0.2) is 0 Å². The first-order chi connectivity index (χ1) is 6.20. The number of nitrogens with one attached hydrogen (secondary N) is 1. The molecule has 13 heavy (non-hydrogen) atoms. The zero-order valence-electron chi connectivity index (χ0n) is 7.70. The molecule has 2 heterocycles. The molecule has 0 saturated carbocycles. The number of nitrogens with zero attached hydrogens (tertiary/aromatic N) is 1. The lowest BCUT2D eigenvalue weighted by Gasteiger charge is -2.29. The molecule has 2 aliphatic rings. The lowest BCUT2D eigenvalue weighted by Crippen LogP contribution is -2.46. The number of hydrogen-bond acceptors (Lipinski definition) is 3. The molecule has 0 aromatic heterocycles. The highest BCUT2D eigenvalue weighted by Gasteiger charge is 2.34. The maximum Gasteiger partial charge on any atom is 0.214 e. The van der Waals surface area contributed by atoms with E-state index in [0.717, 1.165) is 38.9 Å². The van der Waals surface area contributed by atoms with Gasteiger partial charge in [-0.2, -0.15) is 4.31 Å². The highest BCUT2D eigenvalue weighted by atomic mass is 32.2. The van der Waals surface area contributed by atoms with Crippen LogP contribution in [-0.2, 0) is 10.0 Å². The van der Waals surface area contributed by atoms with Gasteiger partial charge in [0.05, 0.1) is 5.75 Å². The van der Waals surface area contributed by atoms with Crippen molar-refractivity contribution >= 4 is 10.0 Å². The van der Waals surface area contributed by atoms with E-state index in [-0.39, 0.29) is 6.04 Å². The summed E-state index contributed by atoms with van der Waals surface area (Å²) in [6.07, 6.45) is 2.92. The zero-order chi connectivity index (χ0) is 9.31. The molecule has 0 aromatic rings. The molecule has 1 atom stereocenters. The number of rotatable bonds is 1. The zero-order valence-corrected chi connectivity index (χ0v) is 8.52. The van der Waals surface area contributed by atoms with Crippen LogP contribution in [0.5, 0.6) is 0 Å². The normalized spacial score (nSPS) is 34.9. The Morgan fingerprint density at radius 1 is 1.31 bits per heavy atom. The van der Waals surface area contributed by atoms with Gasteiger partial charge in [0, 0.05) is 19.1 Å². The van der Waals surface area contributed by atoms with Crippen molar-refractivity contribution in [1.82, 2.24) is 9.62 Å². The Hall–Kier alpha value is -0.130. The number of sulfonamides is 1. The quantitative estimate of drug-likeness (QED) is 0.642. The molecule has 2 aliphatic heterocycles. The molecular formula is C8H16N2O2S. The van der Waals surface area contributed by atoms with Crippen molar-refractivity contribution in [1.29, 1.82) is 0 Å². The second-order valence-electron chi connectivity index (χ2n) is 3.78. The van der Waals surface area contributed by atoms with Crippen LogP contribution in [0.15, 0.2) is 0 Å². The molecule has 4 nitrogen and oxygen atoms in total. The Morgan fingerprint density at radius 2 is 2.15 bits per heavy atom. The van der Waals surface area contributed by atoms with Crippen LogP contribution in [0.4, 0.5) is 0 Å². The van der Waals surface area contributed by atoms with Crippen molar-refractivity contribution in [3.63, 3.8) is 0 Å². The minimum Gasteiger partial charge on any atom is -0.315 e. The Bertz CT molecular complexity index is 270. The highest BCUT2D eigenvalue weighted by Crippen LogP contribution is 2.20. The third-order valence-electron chi connectivity index (χ3n) is 2.82. The average Bonchev–Trinajstić information content (AvgIpc) is 2.47. The molecule has 0 aliphatic carbocycles. The first-order valence-corrected chi connectivity index (χ1v) is 6.51. The molecular weight excluding hydrogens is 188 g/mol. The van der Waals surface area contributed by atoms with E-state index in [1.54, 1.807) is 4.31 Å². The van der Waals surface area contributed by atoms with Gasteiger partial charge >= 0.3 is 0 Å². The molecule has 5 heteroatoms. The Morgan fingerprint density at radius 3 is 2.69 bits per heavy atom. The van der Waals surface area contributed by atoms with E-state index in [4.69, 9.17) is 0 Å². The SMILES string of the molecule is O=S1(=O)CCCN1[C@H]1CCCNC1. The first-order valence-electron chi connectivity index (χ1n) is 4.90. The van der Waals surface area contributed by atoms with E-state index < -0.39 is 10.0 Å². The molecule has 0 aromatic carbocycles. The summed E-state index contributed by atoms with van der Waals surface area (Å²) >= 11 is 0. The molecule has 0 unspecified atom stereocenters. The first kappa shape index (κ1) is 9.43. The number of piperidine rings is 1. The van der Waals surface area contributed by atoms with Gasteiger partial charge in [-0.3, -0.25) is 0 Å². The highest BCUT2D eigenvalue weighted by molar-refractivity contribution is 7.89. The van der Waals surface area contributed by atoms with Crippen molar-refractivity contribution in [3.05, 3.63) is 0 Å². The van der Waals surface area contributed by atoms with Gasteiger partial charge in [-0.1, -0.05) is 0 Å². The third-order valence-corrected chi connectivity index (χ3v) is 4.82. The minimum atomic E-state index is -2.89. The summed E-state index contributed by atoms with van der Waals surface area (Å²) < 4.78 is 24.8. The fourth-order valence-corrected chi connectivity index (χ4v) is 3.92. The van der Waals surface area contributed by atoms with Crippen molar-refractivity contribution in [2.24, 2.45) is 0 Å². The van der Waals surface area contributed by atoms with E-state index in [9.17, 15) is 8.42 Å². The van der Waals surface area contributed by atoms with Crippen molar-refractivity contribution in [2.45, 2.75) is 25.3 Å². The predicted molar refractivity (Wildman–Crippen MR) is 51.0 cm³/mol. The van der Waals surface area contributed by atoms with E-state index in [0.29, 0.717) is 5.75 Å². The van der Waals surface area contributed by atoms with Gasteiger partial charge in [0.25, 0.3) is 0 Å². The van der Waals surface area contributed by atoms with Crippen LogP contribution in [-0.4, -0.2) is 44.2 Å². The molecule has 0 spiro atoms. The Balaban J connectivity index is 2.07. The maximum atomic E-state index is 11.6. The average molecular weight is 204 g/mol. The second kappa shape index (κ2) is 3.55. The van der Waals surface area contributed by atoms with E-state index >= 15 is 0 Å².